The van der Waals surface area contributed by atoms with Crippen LogP contribution in [0.2, 0.25) is 0 Å². The van der Waals surface area contributed by atoms with E-state index in [0.29, 0.717) is 5.56 Å². The number of hydrogen-bond donors (Lipinski definition) is 1. The van der Waals surface area contributed by atoms with Gasteiger partial charge in [-0.3, -0.25) is 14.5 Å². The van der Waals surface area contributed by atoms with Crippen molar-refractivity contribution in [3.8, 4) is 0 Å². The molecule has 1 saturated heterocycles. The summed E-state index contributed by atoms with van der Waals surface area (Å²) in [7, 11) is 0. The molecule has 0 atom stereocenters. The minimum Gasteiger partial charge on any atom is -0.343 e. The van der Waals surface area contributed by atoms with E-state index in [-0.39, 0.29) is 31.6 Å². The van der Waals surface area contributed by atoms with Crippen LogP contribution in [0.15, 0.2) is 146 Å². The molecule has 5 aromatic rings. The van der Waals surface area contributed by atoms with Crippen molar-refractivity contribution < 1.29 is 22.8 Å². The summed E-state index contributed by atoms with van der Waals surface area (Å²) in [4.78, 5) is 32.2. The van der Waals surface area contributed by atoms with Crippen molar-refractivity contribution in [1.29, 1.82) is 0 Å². The summed E-state index contributed by atoms with van der Waals surface area (Å²) < 4.78 is 40.1. The number of hydrogen-bond acceptors (Lipinski definition) is 3. The van der Waals surface area contributed by atoms with Crippen LogP contribution in [0.3, 0.4) is 0 Å². The Labute approximate surface area is 288 Å². The Morgan fingerprint density at radius 3 is 1.53 bits per heavy atom. The molecule has 1 aliphatic rings. The molecule has 0 spiro atoms. The minimum absolute atomic E-state index is 0.104. The van der Waals surface area contributed by atoms with Crippen LogP contribution < -0.4 is 5.32 Å². The molecule has 0 saturated carbocycles. The Bertz CT molecular complexity index is 1760. The van der Waals surface area contributed by atoms with E-state index in [1.807, 2.05) is 121 Å². The minimum atomic E-state index is -4.51. The van der Waals surface area contributed by atoms with E-state index in [1.165, 1.54) is 17.0 Å². The van der Waals surface area contributed by atoms with Gasteiger partial charge in [-0.15, -0.1) is 11.6 Å². The van der Waals surface area contributed by atoms with Gasteiger partial charge in [0.15, 0.2) is 0 Å². The number of halogens is 4. The molecule has 0 aliphatic carbocycles. The van der Waals surface area contributed by atoms with Crippen molar-refractivity contribution >= 4 is 23.4 Å². The fourth-order valence-electron chi connectivity index (χ4n) is 6.58. The second kappa shape index (κ2) is 14.7. The predicted octanol–water partition coefficient (Wildman–Crippen LogP) is 8.02. The van der Waals surface area contributed by atoms with Crippen LogP contribution >= 0.6 is 11.6 Å². The lowest BCUT2D eigenvalue weighted by Gasteiger charge is -2.57. The van der Waals surface area contributed by atoms with Gasteiger partial charge in [-0.2, -0.15) is 13.2 Å². The molecule has 1 N–H and O–H groups in total. The summed E-state index contributed by atoms with van der Waals surface area (Å²) in [5, 5.41) is 3.25. The highest BCUT2D eigenvalue weighted by Crippen LogP contribution is 2.41. The Morgan fingerprint density at radius 2 is 1.12 bits per heavy atom. The number of carbonyl (C=O) groups is 2. The quantitative estimate of drug-likeness (QED) is 0.144. The van der Waals surface area contributed by atoms with Crippen molar-refractivity contribution in [2.75, 3.05) is 19.0 Å². The third kappa shape index (κ3) is 7.41. The second-order valence-corrected chi connectivity index (χ2v) is 12.5. The molecule has 5 nitrogen and oxygen atoms in total. The number of benzene rings is 5. The number of nitrogens with zero attached hydrogens (tertiary/aromatic N) is 2. The van der Waals surface area contributed by atoms with E-state index in [0.717, 1.165) is 34.4 Å². The van der Waals surface area contributed by atoms with Crippen molar-refractivity contribution in [2.45, 2.75) is 30.3 Å². The van der Waals surface area contributed by atoms with E-state index < -0.39 is 35.1 Å². The molecule has 250 valence electrons. The lowest BCUT2D eigenvalue weighted by molar-refractivity contribution is -0.162. The molecule has 0 radical (unpaired) electrons. The number of likely N-dealkylation sites (tertiary alicyclic amines) is 1. The van der Waals surface area contributed by atoms with Gasteiger partial charge in [0, 0.05) is 19.6 Å². The third-order valence-corrected chi connectivity index (χ3v) is 9.27. The Hall–Kier alpha value is -4.92. The fourth-order valence-corrected chi connectivity index (χ4v) is 6.72. The summed E-state index contributed by atoms with van der Waals surface area (Å²) in [5.41, 5.74) is 2.02. The van der Waals surface area contributed by atoms with Crippen LogP contribution in [-0.4, -0.2) is 46.1 Å². The van der Waals surface area contributed by atoms with Crippen molar-refractivity contribution in [2.24, 2.45) is 0 Å². The molecule has 49 heavy (non-hydrogen) atoms. The van der Waals surface area contributed by atoms with Gasteiger partial charge in [0.25, 0.3) is 0 Å². The smallest absolute Gasteiger partial charge is 0.343 e. The Balaban J connectivity index is 1.41. The van der Waals surface area contributed by atoms with Gasteiger partial charge in [0.05, 0.1) is 17.6 Å². The highest BCUT2D eigenvalue weighted by atomic mass is 35.5. The van der Waals surface area contributed by atoms with Gasteiger partial charge in [-0.25, -0.2) is 0 Å². The normalized spacial score (nSPS) is 14.3. The first-order chi connectivity index (χ1) is 23.7. The van der Waals surface area contributed by atoms with Gasteiger partial charge in [-0.1, -0.05) is 133 Å². The number of carbonyl (C=O) groups excluding carboxylic acids is 2. The molecular formula is C40H35ClF3N3O2. The van der Waals surface area contributed by atoms with E-state index in [1.54, 1.807) is 0 Å². The highest BCUT2D eigenvalue weighted by molar-refractivity contribution is 6.27. The molecule has 0 unspecified atom stereocenters. The van der Waals surface area contributed by atoms with Crippen molar-refractivity contribution in [1.82, 2.24) is 15.1 Å². The first kappa shape index (κ1) is 34.0. The van der Waals surface area contributed by atoms with E-state index in [4.69, 9.17) is 11.6 Å². The third-order valence-electron chi connectivity index (χ3n) is 9.04. The van der Waals surface area contributed by atoms with Gasteiger partial charge >= 0.3 is 6.18 Å². The lowest BCUT2D eigenvalue weighted by Crippen LogP contribution is -2.77. The molecule has 6 rings (SSSR count). The Kier molecular flexibility index (Phi) is 10.2. The summed E-state index contributed by atoms with van der Waals surface area (Å²) in [6.07, 6.45) is -4.51. The van der Waals surface area contributed by atoms with Crippen LogP contribution in [-0.2, 0) is 22.3 Å². The highest BCUT2D eigenvalue weighted by Gasteiger charge is 2.57. The van der Waals surface area contributed by atoms with Gasteiger partial charge < -0.3 is 10.2 Å². The topological polar surface area (TPSA) is 52.7 Å². The lowest BCUT2D eigenvalue weighted by atomic mass is 9.81. The molecule has 1 heterocycles. The summed E-state index contributed by atoms with van der Waals surface area (Å²) in [6, 6.07) is 42.9. The molecule has 2 amide bonds. The standard InChI is InChI=1S/C40H35ClF3N3O2/c41-25-35(48)47(26-29-21-23-34(24-22-29)40(42,43)44)39(38(49)45-36(30-13-5-1-6-14-30)31-15-7-2-8-16-31)27-46(28-39)37(32-17-9-3-10-18-32)33-19-11-4-12-20-33/h1-24,36-37H,25-28H2,(H,45,49). The number of amides is 2. The van der Waals surface area contributed by atoms with E-state index >= 15 is 0 Å². The number of rotatable bonds is 11. The zero-order valence-electron chi connectivity index (χ0n) is 26.6. The van der Waals surface area contributed by atoms with Crippen LogP contribution in [0.1, 0.15) is 45.5 Å². The summed E-state index contributed by atoms with van der Waals surface area (Å²) in [6.45, 7) is 0.216. The maximum Gasteiger partial charge on any atom is 0.416 e. The average molecular weight is 682 g/mol. The monoisotopic (exact) mass is 681 g/mol. The van der Waals surface area contributed by atoms with Crippen molar-refractivity contribution in [3.63, 3.8) is 0 Å². The largest absolute Gasteiger partial charge is 0.416 e. The number of alkyl halides is 4. The van der Waals surface area contributed by atoms with Gasteiger partial charge in [0.2, 0.25) is 11.8 Å². The molecule has 5 aromatic carbocycles. The maximum absolute atomic E-state index is 14.9. The van der Waals surface area contributed by atoms with Crippen LogP contribution in [0.4, 0.5) is 13.2 Å². The fraction of sp³-hybridized carbons (Fsp3) is 0.200. The summed E-state index contributed by atoms with van der Waals surface area (Å²) in [5.74, 6) is -1.29. The zero-order chi connectivity index (χ0) is 34.4. The predicted molar refractivity (Wildman–Crippen MR) is 185 cm³/mol. The molecule has 0 bridgehead atoms. The van der Waals surface area contributed by atoms with Crippen LogP contribution in [0, 0.1) is 0 Å². The van der Waals surface area contributed by atoms with Crippen molar-refractivity contribution in [3.05, 3.63) is 179 Å². The first-order valence-electron chi connectivity index (χ1n) is 16.0. The number of nitrogens with one attached hydrogen (secondary N) is 1. The molecular weight excluding hydrogens is 647 g/mol. The summed E-state index contributed by atoms with van der Waals surface area (Å²) >= 11 is 6.19. The molecule has 0 aromatic heterocycles. The second-order valence-electron chi connectivity index (χ2n) is 12.2. The van der Waals surface area contributed by atoms with Gasteiger partial charge in [-0.05, 0) is 39.9 Å². The first-order valence-corrected chi connectivity index (χ1v) is 16.5. The molecule has 1 fully saturated rings. The average Bonchev–Trinajstić information content (AvgIpc) is 3.12. The van der Waals surface area contributed by atoms with Gasteiger partial charge in [0.1, 0.15) is 11.4 Å². The molecule has 1 aliphatic heterocycles. The SMILES string of the molecule is O=C(CCl)N(Cc1ccc(C(F)(F)F)cc1)C1(C(=O)NC(c2ccccc2)c2ccccc2)CN(C(c2ccccc2)c2ccccc2)C1. The van der Waals surface area contributed by atoms with E-state index in [9.17, 15) is 22.8 Å². The van der Waals surface area contributed by atoms with Crippen LogP contribution in [0.25, 0.3) is 0 Å². The zero-order valence-corrected chi connectivity index (χ0v) is 27.3. The van der Waals surface area contributed by atoms with Crippen LogP contribution in [0.5, 0.6) is 0 Å². The molecule has 9 heteroatoms. The maximum atomic E-state index is 14.9. The Morgan fingerprint density at radius 1 is 0.694 bits per heavy atom. The van der Waals surface area contributed by atoms with E-state index in [2.05, 4.69) is 10.2 Å².